The van der Waals surface area contributed by atoms with Crippen LogP contribution >= 0.6 is 0 Å². The van der Waals surface area contributed by atoms with E-state index in [0.29, 0.717) is 24.3 Å². The summed E-state index contributed by atoms with van der Waals surface area (Å²) >= 11 is 0. The molecule has 1 atom stereocenters. The van der Waals surface area contributed by atoms with E-state index in [1.165, 1.54) is 18.4 Å². The molecule has 0 bridgehead atoms. The van der Waals surface area contributed by atoms with Crippen LogP contribution in [0.25, 0.3) is 11.4 Å². The Hall–Kier alpha value is -2.41. The Labute approximate surface area is 133 Å². The molecule has 0 aromatic carbocycles. The van der Waals surface area contributed by atoms with Crippen LogP contribution in [0.5, 0.6) is 0 Å². The molecule has 3 aromatic rings. The number of furan rings is 1. The van der Waals surface area contributed by atoms with E-state index in [0.717, 1.165) is 18.7 Å². The zero-order valence-electron chi connectivity index (χ0n) is 13.1. The minimum absolute atomic E-state index is 0.457. The van der Waals surface area contributed by atoms with Crippen LogP contribution in [0.1, 0.15) is 24.3 Å². The van der Waals surface area contributed by atoms with Crippen LogP contribution < -0.4 is 0 Å². The molecule has 3 aromatic heterocycles. The first-order chi connectivity index (χ1) is 11.3. The molecule has 1 aliphatic heterocycles. The molecule has 0 N–H and O–H groups in total. The Morgan fingerprint density at radius 3 is 3.13 bits per heavy atom. The largest absolute Gasteiger partial charge is 0.472 e. The van der Waals surface area contributed by atoms with E-state index >= 15 is 0 Å². The van der Waals surface area contributed by atoms with Gasteiger partial charge in [0.1, 0.15) is 6.26 Å². The highest BCUT2D eigenvalue weighted by Gasteiger charge is 2.27. The molecular weight excluding hydrogens is 294 g/mol. The molecule has 23 heavy (non-hydrogen) atoms. The molecule has 0 saturated carbocycles. The number of likely N-dealkylation sites (tertiary alicyclic amines) is 1. The molecule has 0 amide bonds. The van der Waals surface area contributed by atoms with Crippen LogP contribution in [0.15, 0.2) is 39.9 Å². The van der Waals surface area contributed by atoms with E-state index in [-0.39, 0.29) is 0 Å². The number of hydrogen-bond donors (Lipinski definition) is 0. The van der Waals surface area contributed by atoms with Gasteiger partial charge >= 0.3 is 0 Å². The highest BCUT2D eigenvalue weighted by Crippen LogP contribution is 2.22. The van der Waals surface area contributed by atoms with E-state index in [1.54, 1.807) is 12.5 Å². The molecule has 0 spiro atoms. The topological polar surface area (TPSA) is 73.1 Å². The predicted octanol–water partition coefficient (Wildman–Crippen LogP) is 2.50. The second-order valence-corrected chi connectivity index (χ2v) is 6.03. The van der Waals surface area contributed by atoms with Gasteiger partial charge in [-0.1, -0.05) is 5.16 Å². The van der Waals surface area contributed by atoms with E-state index in [1.807, 2.05) is 16.9 Å². The van der Waals surface area contributed by atoms with Crippen molar-refractivity contribution in [2.75, 3.05) is 6.54 Å². The molecule has 1 saturated heterocycles. The number of aromatic nitrogens is 4. The summed E-state index contributed by atoms with van der Waals surface area (Å²) in [5.74, 6) is 1.22. The lowest BCUT2D eigenvalue weighted by atomic mass is 10.2. The number of hydrogen-bond acceptors (Lipinski definition) is 6. The maximum atomic E-state index is 5.39. The summed E-state index contributed by atoms with van der Waals surface area (Å²) in [6.07, 6.45) is 9.56. The van der Waals surface area contributed by atoms with E-state index in [2.05, 4.69) is 33.3 Å². The van der Waals surface area contributed by atoms with Crippen LogP contribution in [-0.2, 0) is 13.1 Å². The molecule has 7 heteroatoms. The third-order valence-corrected chi connectivity index (χ3v) is 4.25. The average Bonchev–Trinajstić information content (AvgIpc) is 3.29. The number of rotatable bonds is 5. The Morgan fingerprint density at radius 1 is 1.39 bits per heavy atom. The van der Waals surface area contributed by atoms with Gasteiger partial charge in [0, 0.05) is 12.2 Å². The quantitative estimate of drug-likeness (QED) is 0.720. The third-order valence-electron chi connectivity index (χ3n) is 4.25. The summed E-state index contributed by atoms with van der Waals surface area (Å²) < 4.78 is 12.5. The first-order valence-electron chi connectivity index (χ1n) is 7.86. The molecule has 4 heterocycles. The second kappa shape index (κ2) is 6.00. The van der Waals surface area contributed by atoms with Gasteiger partial charge in [-0.25, -0.2) is 0 Å². The smallest absolute Gasteiger partial charge is 0.241 e. The highest BCUT2D eigenvalue weighted by atomic mass is 16.5. The Bertz CT molecular complexity index is 761. The van der Waals surface area contributed by atoms with E-state index < -0.39 is 0 Å². The van der Waals surface area contributed by atoms with Crippen molar-refractivity contribution in [3.8, 4) is 11.4 Å². The lowest BCUT2D eigenvalue weighted by molar-refractivity contribution is 0.192. The van der Waals surface area contributed by atoms with Gasteiger partial charge in [0.15, 0.2) is 0 Å². The summed E-state index contributed by atoms with van der Waals surface area (Å²) in [7, 11) is 0. The summed E-state index contributed by atoms with van der Waals surface area (Å²) in [5, 5.41) is 8.41. The zero-order chi connectivity index (χ0) is 15.6. The molecule has 4 rings (SSSR count). The first kappa shape index (κ1) is 14.2. The summed E-state index contributed by atoms with van der Waals surface area (Å²) in [4.78, 5) is 6.85. The lowest BCUT2D eigenvalue weighted by Gasteiger charge is -2.22. The van der Waals surface area contributed by atoms with Crippen LogP contribution in [-0.4, -0.2) is 37.4 Å². The Kier molecular flexibility index (Phi) is 3.70. The Balaban J connectivity index is 1.43. The van der Waals surface area contributed by atoms with Crippen LogP contribution in [0, 0.1) is 6.92 Å². The minimum Gasteiger partial charge on any atom is -0.472 e. The van der Waals surface area contributed by atoms with Crippen molar-refractivity contribution in [1.29, 1.82) is 0 Å². The molecule has 0 unspecified atom stereocenters. The van der Waals surface area contributed by atoms with Crippen molar-refractivity contribution in [2.24, 2.45) is 0 Å². The second-order valence-electron chi connectivity index (χ2n) is 6.03. The van der Waals surface area contributed by atoms with Gasteiger partial charge in [-0.15, -0.1) is 0 Å². The lowest BCUT2D eigenvalue weighted by Crippen LogP contribution is -2.32. The van der Waals surface area contributed by atoms with Crippen LogP contribution in [0.3, 0.4) is 0 Å². The van der Waals surface area contributed by atoms with Crippen molar-refractivity contribution in [3.63, 3.8) is 0 Å². The Morgan fingerprint density at radius 2 is 2.35 bits per heavy atom. The van der Waals surface area contributed by atoms with Crippen LogP contribution in [0.2, 0.25) is 0 Å². The van der Waals surface area contributed by atoms with Gasteiger partial charge in [-0.2, -0.15) is 10.1 Å². The van der Waals surface area contributed by atoms with Gasteiger partial charge in [-0.3, -0.25) is 9.58 Å². The standard InChI is InChI=1S/C16H19N5O2/c1-12-7-17-21(8-12)9-14-3-2-5-20(14)10-15-18-16(19-23-15)13-4-6-22-11-13/h4,6-8,11,14H,2-3,5,9-10H2,1H3/t14-/m1/s1. The molecular formula is C16H19N5O2. The van der Waals surface area contributed by atoms with Crippen molar-refractivity contribution in [3.05, 3.63) is 42.4 Å². The van der Waals surface area contributed by atoms with Crippen molar-refractivity contribution >= 4 is 0 Å². The molecule has 0 aliphatic carbocycles. The van der Waals surface area contributed by atoms with Crippen molar-refractivity contribution in [1.82, 2.24) is 24.8 Å². The van der Waals surface area contributed by atoms with E-state index in [4.69, 9.17) is 8.94 Å². The first-order valence-corrected chi connectivity index (χ1v) is 7.86. The SMILES string of the molecule is Cc1cnn(C[C@H]2CCCN2Cc2nc(-c3ccoc3)no2)c1. The fourth-order valence-corrected chi connectivity index (χ4v) is 3.09. The molecule has 120 valence electrons. The molecule has 7 nitrogen and oxygen atoms in total. The summed E-state index contributed by atoms with van der Waals surface area (Å²) in [5.41, 5.74) is 2.03. The fourth-order valence-electron chi connectivity index (χ4n) is 3.09. The van der Waals surface area contributed by atoms with Gasteiger partial charge < -0.3 is 8.94 Å². The monoisotopic (exact) mass is 313 g/mol. The molecule has 0 radical (unpaired) electrons. The number of aryl methyl sites for hydroxylation is 1. The van der Waals surface area contributed by atoms with E-state index in [9.17, 15) is 0 Å². The van der Waals surface area contributed by atoms with Crippen molar-refractivity contribution in [2.45, 2.75) is 38.9 Å². The summed E-state index contributed by atoms with van der Waals surface area (Å²) in [6.45, 7) is 4.69. The molecule has 1 aliphatic rings. The predicted molar refractivity (Wildman–Crippen MR) is 82.4 cm³/mol. The number of nitrogens with zero attached hydrogens (tertiary/aromatic N) is 5. The average molecular weight is 313 g/mol. The van der Waals surface area contributed by atoms with Gasteiger partial charge in [-0.05, 0) is 37.9 Å². The van der Waals surface area contributed by atoms with Crippen molar-refractivity contribution < 1.29 is 8.94 Å². The fraction of sp³-hybridized carbons (Fsp3) is 0.438. The van der Waals surface area contributed by atoms with Gasteiger partial charge in [0.25, 0.3) is 0 Å². The maximum Gasteiger partial charge on any atom is 0.241 e. The maximum absolute atomic E-state index is 5.39. The zero-order valence-corrected chi connectivity index (χ0v) is 13.1. The van der Waals surface area contributed by atoms with Gasteiger partial charge in [0.05, 0.1) is 31.1 Å². The third kappa shape index (κ3) is 3.05. The normalized spacial score (nSPS) is 18.7. The van der Waals surface area contributed by atoms with Crippen LogP contribution in [0.4, 0.5) is 0 Å². The van der Waals surface area contributed by atoms with Gasteiger partial charge in [0.2, 0.25) is 11.7 Å². The highest BCUT2D eigenvalue weighted by molar-refractivity contribution is 5.51. The summed E-state index contributed by atoms with van der Waals surface area (Å²) in [6, 6.07) is 2.28. The molecule has 1 fully saturated rings. The minimum atomic E-state index is 0.457.